The van der Waals surface area contributed by atoms with Crippen molar-refractivity contribution in [3.8, 4) is 0 Å². The van der Waals surface area contributed by atoms with Gasteiger partial charge in [0.1, 0.15) is 6.61 Å². The lowest BCUT2D eigenvalue weighted by molar-refractivity contribution is -0.170. The van der Waals surface area contributed by atoms with Gasteiger partial charge >= 0.3 is 11.9 Å². The summed E-state index contributed by atoms with van der Waals surface area (Å²) in [4.78, 5) is 35.8. The van der Waals surface area contributed by atoms with Crippen molar-refractivity contribution in [2.75, 3.05) is 13.2 Å². The van der Waals surface area contributed by atoms with E-state index in [2.05, 4.69) is 12.2 Å². The smallest absolute Gasteiger partial charge is 0.309 e. The molecule has 0 aromatic heterocycles. The molecule has 0 heterocycles. The number of nitrogens with one attached hydrogen (secondary N) is 1. The van der Waals surface area contributed by atoms with Crippen molar-refractivity contribution in [2.45, 2.75) is 65.3 Å². The Hall–Kier alpha value is -1.67. The molecular weight excluding hydrogens is 330 g/mol. The average molecular weight is 360 g/mol. The fraction of sp³-hybridized carbons (Fsp3) is 0.765. The average Bonchev–Trinajstić information content (AvgIpc) is 2.47. The van der Waals surface area contributed by atoms with Gasteiger partial charge in [0.15, 0.2) is 6.10 Å². The molecule has 0 saturated carbocycles. The molecule has 0 aliphatic rings. The van der Waals surface area contributed by atoms with Crippen LogP contribution in [0.15, 0.2) is 0 Å². The van der Waals surface area contributed by atoms with Crippen molar-refractivity contribution >= 4 is 17.8 Å². The first kappa shape index (κ1) is 23.3. The first-order chi connectivity index (χ1) is 11.5. The summed E-state index contributed by atoms with van der Waals surface area (Å²) < 4.78 is 10.3. The Kier molecular flexibility index (Phi) is 10.3. The van der Waals surface area contributed by atoms with Gasteiger partial charge in [-0.25, -0.2) is 0 Å². The number of rotatable bonds is 11. The van der Waals surface area contributed by atoms with E-state index < -0.39 is 41.6 Å². The molecular formula is C17H30NO7. The third-order valence-electron chi connectivity index (χ3n) is 3.20. The van der Waals surface area contributed by atoms with Crippen molar-refractivity contribution in [3.63, 3.8) is 0 Å². The van der Waals surface area contributed by atoms with Gasteiger partial charge in [-0.3, -0.25) is 14.4 Å². The summed E-state index contributed by atoms with van der Waals surface area (Å²) in [6.45, 7) is 9.87. The molecule has 8 heteroatoms. The first-order valence-corrected chi connectivity index (χ1v) is 8.27. The molecule has 0 aromatic carbocycles. The standard InChI is InChI=1S/C17H30NO7/c1-6-7-18-16(23)15(25-14(22)9-12(3)20)17(4,5)10-24-13(21)8-11(2)19/h11-12,15,19-20H,1,6-10H2,2-5H3,(H,18,23)/t11-,12-,15+/m1/s1. The second-order valence-electron chi connectivity index (χ2n) is 6.77. The molecule has 0 aromatic rings. The lowest BCUT2D eigenvalue weighted by Gasteiger charge is -2.32. The molecule has 1 radical (unpaired) electrons. The van der Waals surface area contributed by atoms with E-state index in [9.17, 15) is 24.6 Å². The van der Waals surface area contributed by atoms with Crippen molar-refractivity contribution in [1.29, 1.82) is 0 Å². The van der Waals surface area contributed by atoms with Crippen molar-refractivity contribution in [3.05, 3.63) is 6.92 Å². The molecule has 3 atom stereocenters. The molecule has 0 unspecified atom stereocenters. The normalized spacial score (nSPS) is 15.0. The molecule has 25 heavy (non-hydrogen) atoms. The summed E-state index contributed by atoms with van der Waals surface area (Å²) in [6, 6.07) is 0. The lowest BCUT2D eigenvalue weighted by Crippen LogP contribution is -2.49. The van der Waals surface area contributed by atoms with Gasteiger partial charge < -0.3 is 25.0 Å². The van der Waals surface area contributed by atoms with Gasteiger partial charge in [-0.05, 0) is 20.3 Å². The minimum absolute atomic E-state index is 0.170. The zero-order valence-electron chi connectivity index (χ0n) is 15.4. The van der Waals surface area contributed by atoms with Crippen LogP contribution >= 0.6 is 0 Å². The topological polar surface area (TPSA) is 122 Å². The molecule has 0 bridgehead atoms. The number of carbonyl (C=O) groups is 3. The highest BCUT2D eigenvalue weighted by Gasteiger charge is 2.39. The second-order valence-corrected chi connectivity index (χ2v) is 6.77. The second kappa shape index (κ2) is 11.0. The molecule has 0 saturated heterocycles. The summed E-state index contributed by atoms with van der Waals surface area (Å²) in [6.07, 6.45) is -2.90. The van der Waals surface area contributed by atoms with Crippen LogP contribution in [-0.2, 0) is 23.9 Å². The molecule has 0 aliphatic carbocycles. The number of carbonyl (C=O) groups excluding carboxylic acids is 3. The van der Waals surface area contributed by atoms with Crippen LogP contribution in [0.25, 0.3) is 0 Å². The monoisotopic (exact) mass is 360 g/mol. The van der Waals surface area contributed by atoms with Crippen LogP contribution in [-0.4, -0.2) is 59.5 Å². The minimum Gasteiger partial charge on any atom is -0.465 e. The van der Waals surface area contributed by atoms with Crippen LogP contribution in [0.5, 0.6) is 0 Å². The van der Waals surface area contributed by atoms with Crippen LogP contribution in [0.3, 0.4) is 0 Å². The van der Waals surface area contributed by atoms with E-state index in [1.54, 1.807) is 13.8 Å². The van der Waals surface area contributed by atoms with E-state index in [1.165, 1.54) is 13.8 Å². The molecule has 0 aliphatic heterocycles. The highest BCUT2D eigenvalue weighted by Crippen LogP contribution is 2.25. The molecule has 0 rings (SSSR count). The summed E-state index contributed by atoms with van der Waals surface area (Å²) in [5.41, 5.74) is -1.01. The van der Waals surface area contributed by atoms with E-state index in [0.717, 1.165) is 0 Å². The Bertz CT molecular complexity index is 446. The van der Waals surface area contributed by atoms with Crippen molar-refractivity contribution in [2.24, 2.45) is 5.41 Å². The van der Waals surface area contributed by atoms with E-state index >= 15 is 0 Å². The van der Waals surface area contributed by atoms with Crippen LogP contribution in [0.4, 0.5) is 0 Å². The largest absolute Gasteiger partial charge is 0.465 e. The predicted molar refractivity (Wildman–Crippen MR) is 90.2 cm³/mol. The molecule has 145 valence electrons. The Morgan fingerprint density at radius 2 is 1.60 bits per heavy atom. The van der Waals surface area contributed by atoms with Gasteiger partial charge in [0.05, 0.1) is 25.0 Å². The first-order valence-electron chi connectivity index (χ1n) is 8.27. The summed E-state index contributed by atoms with van der Waals surface area (Å²) in [5.74, 6) is -1.87. The van der Waals surface area contributed by atoms with Gasteiger partial charge in [-0.15, -0.1) is 0 Å². The maximum absolute atomic E-state index is 12.3. The fourth-order valence-corrected chi connectivity index (χ4v) is 1.94. The number of amides is 1. The van der Waals surface area contributed by atoms with Gasteiger partial charge in [0.2, 0.25) is 0 Å². The SMILES string of the molecule is [CH2]CCNC(=O)[C@H](OC(=O)C[C@@H](C)O)C(C)(C)COC(=O)C[C@@H](C)O. The van der Waals surface area contributed by atoms with E-state index in [1.807, 2.05) is 0 Å². The quantitative estimate of drug-likeness (QED) is 0.454. The van der Waals surface area contributed by atoms with Gasteiger partial charge in [0.25, 0.3) is 5.91 Å². The number of ether oxygens (including phenoxy) is 2. The predicted octanol–water partition coefficient (Wildman–Crippen LogP) is 0.350. The highest BCUT2D eigenvalue weighted by molar-refractivity contribution is 5.84. The molecule has 1 amide bonds. The number of esters is 2. The zero-order chi connectivity index (χ0) is 19.6. The van der Waals surface area contributed by atoms with Crippen LogP contribution in [0, 0.1) is 12.3 Å². The van der Waals surface area contributed by atoms with E-state index in [0.29, 0.717) is 13.0 Å². The Balaban J connectivity index is 5.03. The number of aliphatic hydroxyl groups is 2. The summed E-state index contributed by atoms with van der Waals surface area (Å²) in [7, 11) is 0. The van der Waals surface area contributed by atoms with Crippen molar-refractivity contribution < 1.29 is 34.1 Å². The Morgan fingerprint density at radius 3 is 2.08 bits per heavy atom. The molecule has 3 N–H and O–H groups in total. The zero-order valence-corrected chi connectivity index (χ0v) is 15.4. The third kappa shape index (κ3) is 10.0. The fourth-order valence-electron chi connectivity index (χ4n) is 1.94. The molecule has 0 spiro atoms. The summed E-state index contributed by atoms with van der Waals surface area (Å²) in [5, 5.41) is 21.1. The third-order valence-corrected chi connectivity index (χ3v) is 3.20. The number of aliphatic hydroxyl groups excluding tert-OH is 2. The van der Waals surface area contributed by atoms with Crippen molar-refractivity contribution in [1.82, 2.24) is 5.32 Å². The van der Waals surface area contributed by atoms with Crippen LogP contribution < -0.4 is 5.32 Å². The lowest BCUT2D eigenvalue weighted by atomic mass is 9.86. The minimum atomic E-state index is -1.20. The molecule has 0 fully saturated rings. The van der Waals surface area contributed by atoms with Gasteiger partial charge in [-0.1, -0.05) is 20.8 Å². The van der Waals surface area contributed by atoms with Crippen LogP contribution in [0.2, 0.25) is 0 Å². The number of hydrogen-bond acceptors (Lipinski definition) is 7. The summed E-state index contributed by atoms with van der Waals surface area (Å²) >= 11 is 0. The van der Waals surface area contributed by atoms with Gasteiger partial charge in [-0.2, -0.15) is 0 Å². The maximum Gasteiger partial charge on any atom is 0.309 e. The maximum atomic E-state index is 12.3. The van der Waals surface area contributed by atoms with E-state index in [-0.39, 0.29) is 19.4 Å². The Morgan fingerprint density at radius 1 is 1.08 bits per heavy atom. The Labute approximate surface area is 148 Å². The highest BCUT2D eigenvalue weighted by atomic mass is 16.6. The van der Waals surface area contributed by atoms with Gasteiger partial charge in [0, 0.05) is 12.0 Å². The number of hydrogen-bond donors (Lipinski definition) is 3. The van der Waals surface area contributed by atoms with Crippen LogP contribution in [0.1, 0.15) is 47.0 Å². The molecule has 8 nitrogen and oxygen atoms in total. The van der Waals surface area contributed by atoms with E-state index in [4.69, 9.17) is 9.47 Å².